The van der Waals surface area contributed by atoms with Crippen molar-refractivity contribution in [1.29, 1.82) is 0 Å². The predicted molar refractivity (Wildman–Crippen MR) is 55.5 cm³/mol. The summed E-state index contributed by atoms with van der Waals surface area (Å²) in [5.74, 6) is -20.0. The van der Waals surface area contributed by atoms with Gasteiger partial charge in [-0.15, -0.1) is 6.58 Å². The molecular formula is C11H8F12O. The van der Waals surface area contributed by atoms with Crippen LogP contribution in [-0.2, 0) is 4.74 Å². The Balaban J connectivity index is 6.11. The summed E-state index contributed by atoms with van der Waals surface area (Å²) in [6, 6.07) is 0. The molecule has 0 spiro atoms. The van der Waals surface area contributed by atoms with Crippen molar-refractivity contribution in [2.75, 3.05) is 0 Å². The molecule has 0 aromatic carbocycles. The molecule has 0 saturated heterocycles. The van der Waals surface area contributed by atoms with Crippen molar-refractivity contribution >= 4 is 0 Å². The van der Waals surface area contributed by atoms with Crippen molar-refractivity contribution < 1.29 is 57.4 Å². The average molecular weight is 384 g/mol. The van der Waals surface area contributed by atoms with E-state index in [1.807, 2.05) is 0 Å². The van der Waals surface area contributed by atoms with E-state index in [1.165, 1.54) is 0 Å². The molecule has 0 amide bonds. The Morgan fingerprint density at radius 2 is 1.38 bits per heavy atom. The van der Waals surface area contributed by atoms with Gasteiger partial charge in [-0.3, -0.25) is 0 Å². The topological polar surface area (TPSA) is 9.23 Å². The molecule has 2 unspecified atom stereocenters. The van der Waals surface area contributed by atoms with Gasteiger partial charge in [0.05, 0.1) is 0 Å². The Labute approximate surface area is 126 Å². The van der Waals surface area contributed by atoms with Crippen LogP contribution in [0.4, 0.5) is 52.7 Å². The molecule has 0 bridgehead atoms. The molecule has 0 aliphatic rings. The molecular weight excluding hydrogens is 376 g/mol. The zero-order valence-electron chi connectivity index (χ0n) is 11.4. The van der Waals surface area contributed by atoms with Gasteiger partial charge < -0.3 is 0 Å². The fraction of sp³-hybridized carbons (Fsp3) is 0.636. The van der Waals surface area contributed by atoms with E-state index >= 15 is 0 Å². The van der Waals surface area contributed by atoms with E-state index in [0.29, 0.717) is 0 Å². The van der Waals surface area contributed by atoms with Crippen LogP contribution in [0.3, 0.4) is 0 Å². The van der Waals surface area contributed by atoms with Crippen molar-refractivity contribution in [1.82, 2.24) is 0 Å². The van der Waals surface area contributed by atoms with Crippen LogP contribution in [0.15, 0.2) is 24.6 Å². The van der Waals surface area contributed by atoms with Gasteiger partial charge in [-0.05, 0) is 0 Å². The minimum absolute atomic E-state index is 0.387. The van der Waals surface area contributed by atoms with Gasteiger partial charge in [-0.25, -0.2) is 9.13 Å². The van der Waals surface area contributed by atoms with Gasteiger partial charge in [-0.1, -0.05) is 6.08 Å². The molecule has 13 heteroatoms. The fourth-order valence-corrected chi connectivity index (χ4v) is 1.32. The monoisotopic (exact) mass is 384 g/mol. The summed E-state index contributed by atoms with van der Waals surface area (Å²) in [4.78, 5) is 0. The van der Waals surface area contributed by atoms with E-state index in [4.69, 9.17) is 0 Å². The van der Waals surface area contributed by atoms with Crippen molar-refractivity contribution in [3.8, 4) is 0 Å². The van der Waals surface area contributed by atoms with Gasteiger partial charge in [0, 0.05) is 6.92 Å². The summed E-state index contributed by atoms with van der Waals surface area (Å²) < 4.78 is 156. The molecule has 0 saturated carbocycles. The number of hydrogen-bond acceptors (Lipinski definition) is 1. The van der Waals surface area contributed by atoms with E-state index in [0.717, 1.165) is 0 Å². The second-order valence-corrected chi connectivity index (χ2v) is 4.42. The van der Waals surface area contributed by atoms with Crippen LogP contribution in [0.25, 0.3) is 0 Å². The molecule has 0 N–H and O–H groups in total. The second-order valence-electron chi connectivity index (χ2n) is 4.42. The highest BCUT2D eigenvalue weighted by Gasteiger charge is 2.68. The number of allylic oxidation sites excluding steroid dienone is 2. The van der Waals surface area contributed by atoms with Crippen LogP contribution in [0.5, 0.6) is 0 Å². The fourth-order valence-electron chi connectivity index (χ4n) is 1.32. The molecule has 0 rings (SSSR count). The number of halogens is 12. The van der Waals surface area contributed by atoms with E-state index in [-0.39, 0.29) is 6.08 Å². The molecule has 0 aromatic rings. The van der Waals surface area contributed by atoms with Crippen LogP contribution in [0.2, 0.25) is 0 Å². The summed E-state index contributed by atoms with van der Waals surface area (Å²) in [5.41, 5.74) is 0. The first-order valence-corrected chi connectivity index (χ1v) is 5.61. The van der Waals surface area contributed by atoms with Crippen LogP contribution in [-0.4, -0.2) is 30.2 Å². The summed E-state index contributed by atoms with van der Waals surface area (Å²) in [7, 11) is 0. The summed E-state index contributed by atoms with van der Waals surface area (Å²) >= 11 is 0. The van der Waals surface area contributed by atoms with Gasteiger partial charge in [0.15, 0.2) is 5.92 Å². The number of rotatable bonds is 8. The van der Waals surface area contributed by atoms with Gasteiger partial charge in [-0.2, -0.15) is 48.3 Å². The highest BCUT2D eigenvalue weighted by atomic mass is 19.3. The van der Waals surface area contributed by atoms with Crippen LogP contribution in [0.1, 0.15) is 6.92 Å². The molecule has 1 nitrogen and oxygen atoms in total. The molecule has 2 atom stereocenters. The minimum atomic E-state index is -6.20. The Hall–Kier alpha value is -1.40. The Bertz CT molecular complexity index is 488. The molecule has 0 heterocycles. The molecule has 142 valence electrons. The first-order chi connectivity index (χ1) is 10.4. The third-order valence-electron chi connectivity index (χ3n) is 2.53. The smallest absolute Gasteiger partial charge is 0.250 e. The summed E-state index contributed by atoms with van der Waals surface area (Å²) in [5, 5.41) is 0. The Morgan fingerprint density at radius 3 is 1.67 bits per heavy atom. The van der Waals surface area contributed by atoms with E-state index < -0.39 is 55.0 Å². The van der Waals surface area contributed by atoms with Crippen molar-refractivity contribution in [2.24, 2.45) is 5.92 Å². The van der Waals surface area contributed by atoms with Gasteiger partial charge in [0.25, 0.3) is 0 Å². The standard InChI is InChI=1S/C11H8F12O/c1-3-4(12)5(9(18,19)6(13)7(14)15)10(20,21)24-11(22,23)8(2,16)17/h3-5H,1H2,2H3. The van der Waals surface area contributed by atoms with Crippen molar-refractivity contribution in [3.63, 3.8) is 0 Å². The maximum atomic E-state index is 13.4. The normalized spacial score (nSPS) is 16.5. The number of hydrogen-bond donors (Lipinski definition) is 0. The minimum Gasteiger partial charge on any atom is -0.250 e. The zero-order valence-corrected chi connectivity index (χ0v) is 11.4. The zero-order chi connectivity index (χ0) is 19.7. The third kappa shape index (κ3) is 4.57. The van der Waals surface area contributed by atoms with E-state index in [2.05, 4.69) is 11.3 Å². The summed E-state index contributed by atoms with van der Waals surface area (Å²) in [6.07, 6.45) is -20.3. The van der Waals surface area contributed by atoms with Crippen LogP contribution >= 0.6 is 0 Å². The maximum absolute atomic E-state index is 13.4. The Morgan fingerprint density at radius 1 is 0.958 bits per heavy atom. The lowest BCUT2D eigenvalue weighted by Gasteiger charge is -2.35. The number of alkyl halides is 9. The van der Waals surface area contributed by atoms with Crippen molar-refractivity contribution in [3.05, 3.63) is 24.6 Å². The largest absolute Gasteiger partial charge is 0.423 e. The lowest BCUT2D eigenvalue weighted by atomic mass is 9.93. The van der Waals surface area contributed by atoms with E-state index in [9.17, 15) is 52.7 Å². The quantitative estimate of drug-likeness (QED) is 0.386. The summed E-state index contributed by atoms with van der Waals surface area (Å²) in [6.45, 7) is 1.76. The lowest BCUT2D eigenvalue weighted by Crippen LogP contribution is -2.54. The molecule has 24 heavy (non-hydrogen) atoms. The SMILES string of the molecule is C=CC(F)C(C(F)(F)OC(F)(F)C(C)(F)F)C(F)(F)C(F)=C(F)F. The molecule has 0 aromatic heterocycles. The first kappa shape index (κ1) is 22.6. The van der Waals surface area contributed by atoms with Crippen LogP contribution < -0.4 is 0 Å². The third-order valence-corrected chi connectivity index (χ3v) is 2.53. The molecule has 0 radical (unpaired) electrons. The lowest BCUT2D eigenvalue weighted by molar-refractivity contribution is -0.449. The average Bonchev–Trinajstić information content (AvgIpc) is 2.33. The highest BCUT2D eigenvalue weighted by Crippen LogP contribution is 2.50. The molecule has 0 fully saturated rings. The Kier molecular flexibility index (Phi) is 6.44. The maximum Gasteiger partial charge on any atom is 0.423 e. The van der Waals surface area contributed by atoms with Crippen LogP contribution in [0, 0.1) is 5.92 Å². The predicted octanol–water partition coefficient (Wildman–Crippen LogP) is 5.70. The van der Waals surface area contributed by atoms with E-state index in [1.54, 1.807) is 0 Å². The number of ether oxygens (including phenoxy) is 1. The van der Waals surface area contributed by atoms with Gasteiger partial charge >= 0.3 is 30.1 Å². The molecule has 0 aliphatic heterocycles. The second kappa shape index (κ2) is 6.84. The molecule has 0 aliphatic carbocycles. The van der Waals surface area contributed by atoms with Gasteiger partial charge in [0.1, 0.15) is 6.17 Å². The van der Waals surface area contributed by atoms with Crippen molar-refractivity contribution in [2.45, 2.75) is 37.2 Å². The van der Waals surface area contributed by atoms with Gasteiger partial charge in [0.2, 0.25) is 5.83 Å². The highest BCUT2D eigenvalue weighted by molar-refractivity contribution is 5.12. The first-order valence-electron chi connectivity index (χ1n) is 5.61.